The van der Waals surface area contributed by atoms with Crippen LogP contribution in [0.15, 0.2) is 12.7 Å². The van der Waals surface area contributed by atoms with Crippen LogP contribution in [0.5, 0.6) is 0 Å². The topological polar surface area (TPSA) is 86.7 Å². The number of anilines is 1. The highest BCUT2D eigenvalue weighted by Gasteiger charge is 2.27. The predicted molar refractivity (Wildman–Crippen MR) is 52.2 cm³/mol. The van der Waals surface area contributed by atoms with Crippen molar-refractivity contribution in [3.8, 4) is 0 Å². The molecule has 8 heteroatoms. The SMILES string of the molecule is OCC(F)(F)CNc1ncnc2nc[nH]c12. The molecule has 2 rings (SSSR count). The van der Waals surface area contributed by atoms with E-state index in [0.29, 0.717) is 11.2 Å². The van der Waals surface area contributed by atoms with Crippen LogP contribution in [-0.4, -0.2) is 44.1 Å². The Hall–Kier alpha value is -1.83. The van der Waals surface area contributed by atoms with Crippen molar-refractivity contribution < 1.29 is 13.9 Å². The molecule has 0 unspecified atom stereocenters. The van der Waals surface area contributed by atoms with Gasteiger partial charge in [0.1, 0.15) is 18.5 Å². The summed E-state index contributed by atoms with van der Waals surface area (Å²) >= 11 is 0. The van der Waals surface area contributed by atoms with Gasteiger partial charge in [0.05, 0.1) is 12.9 Å². The number of aromatic nitrogens is 4. The van der Waals surface area contributed by atoms with Gasteiger partial charge in [-0.1, -0.05) is 0 Å². The van der Waals surface area contributed by atoms with Crippen molar-refractivity contribution in [3.63, 3.8) is 0 Å². The highest BCUT2D eigenvalue weighted by atomic mass is 19.3. The molecule has 0 aliphatic rings. The fraction of sp³-hybridized carbons (Fsp3) is 0.375. The Morgan fingerprint density at radius 1 is 1.38 bits per heavy atom. The molecule has 0 radical (unpaired) electrons. The largest absolute Gasteiger partial charge is 0.390 e. The minimum atomic E-state index is -3.18. The molecule has 16 heavy (non-hydrogen) atoms. The van der Waals surface area contributed by atoms with Crippen molar-refractivity contribution >= 4 is 17.0 Å². The first-order chi connectivity index (χ1) is 7.62. The number of aliphatic hydroxyl groups excluding tert-OH is 1. The highest BCUT2D eigenvalue weighted by molar-refractivity contribution is 5.81. The van der Waals surface area contributed by atoms with Gasteiger partial charge in [0.25, 0.3) is 5.92 Å². The van der Waals surface area contributed by atoms with E-state index in [1.54, 1.807) is 0 Å². The van der Waals surface area contributed by atoms with Crippen LogP contribution in [0.2, 0.25) is 0 Å². The quantitative estimate of drug-likeness (QED) is 0.706. The summed E-state index contributed by atoms with van der Waals surface area (Å²) in [7, 11) is 0. The van der Waals surface area contributed by atoms with E-state index in [9.17, 15) is 8.78 Å². The van der Waals surface area contributed by atoms with Gasteiger partial charge in [-0.3, -0.25) is 0 Å². The van der Waals surface area contributed by atoms with Crippen LogP contribution >= 0.6 is 0 Å². The Bertz CT molecular complexity index is 486. The summed E-state index contributed by atoms with van der Waals surface area (Å²) in [6, 6.07) is 0. The van der Waals surface area contributed by atoms with E-state index in [1.807, 2.05) is 0 Å². The zero-order valence-electron chi connectivity index (χ0n) is 8.11. The van der Waals surface area contributed by atoms with E-state index in [4.69, 9.17) is 5.11 Å². The summed E-state index contributed by atoms with van der Waals surface area (Å²) in [4.78, 5) is 14.2. The number of hydrogen-bond donors (Lipinski definition) is 3. The van der Waals surface area contributed by atoms with Crippen molar-refractivity contribution in [2.75, 3.05) is 18.5 Å². The first-order valence-electron chi connectivity index (χ1n) is 4.49. The third kappa shape index (κ3) is 2.06. The predicted octanol–water partition coefficient (Wildman–Crippen LogP) is 0.392. The number of rotatable bonds is 4. The number of H-pyrrole nitrogens is 1. The molecule has 0 atom stereocenters. The van der Waals surface area contributed by atoms with Crippen molar-refractivity contribution in [2.45, 2.75) is 5.92 Å². The summed E-state index contributed by atoms with van der Waals surface area (Å²) < 4.78 is 25.6. The normalized spacial score (nSPS) is 11.9. The molecule has 2 aromatic heterocycles. The molecule has 0 saturated carbocycles. The van der Waals surface area contributed by atoms with Gasteiger partial charge in [-0.25, -0.2) is 23.7 Å². The van der Waals surface area contributed by atoms with Gasteiger partial charge in [0, 0.05) is 0 Å². The Morgan fingerprint density at radius 3 is 2.94 bits per heavy atom. The lowest BCUT2D eigenvalue weighted by Crippen LogP contribution is -2.31. The van der Waals surface area contributed by atoms with E-state index < -0.39 is 19.1 Å². The minimum Gasteiger partial charge on any atom is -0.390 e. The van der Waals surface area contributed by atoms with Gasteiger partial charge in [-0.05, 0) is 0 Å². The van der Waals surface area contributed by atoms with Crippen LogP contribution in [0.3, 0.4) is 0 Å². The maximum absolute atomic E-state index is 12.8. The van der Waals surface area contributed by atoms with Crippen LogP contribution in [0.4, 0.5) is 14.6 Å². The van der Waals surface area contributed by atoms with Gasteiger partial charge in [-0.2, -0.15) is 0 Å². The number of nitrogens with one attached hydrogen (secondary N) is 2. The molecule has 2 heterocycles. The maximum atomic E-state index is 12.8. The molecule has 0 bridgehead atoms. The van der Waals surface area contributed by atoms with Crippen molar-refractivity contribution in [3.05, 3.63) is 12.7 Å². The maximum Gasteiger partial charge on any atom is 0.287 e. The summed E-state index contributed by atoms with van der Waals surface area (Å²) in [5.41, 5.74) is 0.848. The summed E-state index contributed by atoms with van der Waals surface area (Å²) in [5, 5.41) is 10.8. The first-order valence-corrected chi connectivity index (χ1v) is 4.49. The fourth-order valence-corrected chi connectivity index (χ4v) is 1.17. The van der Waals surface area contributed by atoms with E-state index in [0.717, 1.165) is 0 Å². The average molecular weight is 229 g/mol. The van der Waals surface area contributed by atoms with Crippen LogP contribution in [-0.2, 0) is 0 Å². The van der Waals surface area contributed by atoms with Crippen molar-refractivity contribution in [1.29, 1.82) is 0 Å². The number of aromatic amines is 1. The molecule has 0 aliphatic carbocycles. The molecule has 3 N–H and O–H groups in total. The molecular weight excluding hydrogens is 220 g/mol. The van der Waals surface area contributed by atoms with Gasteiger partial charge < -0.3 is 15.4 Å². The van der Waals surface area contributed by atoms with E-state index in [1.165, 1.54) is 12.7 Å². The zero-order chi connectivity index (χ0) is 11.6. The summed E-state index contributed by atoms with van der Waals surface area (Å²) in [6.45, 7) is -1.91. The molecule has 0 aliphatic heterocycles. The lowest BCUT2D eigenvalue weighted by Gasteiger charge is -2.14. The Labute approximate surface area is 88.8 Å². The lowest BCUT2D eigenvalue weighted by atomic mass is 10.3. The molecule has 0 amide bonds. The molecule has 6 nitrogen and oxygen atoms in total. The standard InChI is InChI=1S/C8H9F2N5O/c9-8(10,2-16)1-11-6-5-7(13-3-12-5)15-4-14-6/h3-4,16H,1-2H2,(H2,11,12,13,14,15). The fourth-order valence-electron chi connectivity index (χ4n) is 1.17. The van der Waals surface area contributed by atoms with Gasteiger partial charge >= 0.3 is 0 Å². The van der Waals surface area contributed by atoms with Crippen molar-refractivity contribution in [1.82, 2.24) is 19.9 Å². The number of halogens is 2. The molecular formula is C8H9F2N5O. The third-order valence-electron chi connectivity index (χ3n) is 1.97. The lowest BCUT2D eigenvalue weighted by molar-refractivity contribution is -0.0373. The molecule has 0 saturated heterocycles. The number of hydrogen-bond acceptors (Lipinski definition) is 5. The number of imidazole rings is 1. The van der Waals surface area contributed by atoms with Crippen LogP contribution in [0.25, 0.3) is 11.2 Å². The summed E-state index contributed by atoms with van der Waals surface area (Å²) in [5.74, 6) is -2.95. The van der Waals surface area contributed by atoms with E-state index in [-0.39, 0.29) is 5.82 Å². The Morgan fingerprint density at radius 2 is 2.19 bits per heavy atom. The van der Waals surface area contributed by atoms with Crippen LogP contribution in [0.1, 0.15) is 0 Å². The molecule has 0 aromatic carbocycles. The monoisotopic (exact) mass is 229 g/mol. The third-order valence-corrected chi connectivity index (χ3v) is 1.97. The Balaban J connectivity index is 2.18. The van der Waals surface area contributed by atoms with Crippen molar-refractivity contribution in [2.24, 2.45) is 0 Å². The smallest absolute Gasteiger partial charge is 0.287 e. The second kappa shape index (κ2) is 3.97. The summed E-state index contributed by atoms with van der Waals surface area (Å²) in [6.07, 6.45) is 2.62. The number of alkyl halides is 2. The second-order valence-corrected chi connectivity index (χ2v) is 3.19. The number of nitrogens with zero attached hydrogens (tertiary/aromatic N) is 3. The zero-order valence-corrected chi connectivity index (χ0v) is 8.11. The second-order valence-electron chi connectivity index (χ2n) is 3.19. The first kappa shape index (κ1) is 10.7. The van der Waals surface area contributed by atoms with Crippen LogP contribution < -0.4 is 5.32 Å². The Kier molecular flexibility index (Phi) is 2.65. The number of aliphatic hydroxyl groups is 1. The number of fused-ring (bicyclic) bond motifs is 1. The van der Waals surface area contributed by atoms with E-state index in [2.05, 4.69) is 25.3 Å². The van der Waals surface area contributed by atoms with Crippen LogP contribution in [0, 0.1) is 0 Å². The minimum absolute atomic E-state index is 0.232. The molecule has 0 spiro atoms. The van der Waals surface area contributed by atoms with Gasteiger partial charge in [-0.15, -0.1) is 0 Å². The molecule has 0 fully saturated rings. The van der Waals surface area contributed by atoms with Gasteiger partial charge in [0.15, 0.2) is 11.5 Å². The van der Waals surface area contributed by atoms with E-state index >= 15 is 0 Å². The highest BCUT2D eigenvalue weighted by Crippen LogP contribution is 2.17. The van der Waals surface area contributed by atoms with Gasteiger partial charge in [0.2, 0.25) is 0 Å². The average Bonchev–Trinajstić information content (AvgIpc) is 2.75. The molecule has 86 valence electrons. The molecule has 2 aromatic rings.